The Kier molecular flexibility index (Phi) is 10.1. The van der Waals surface area contributed by atoms with Gasteiger partial charge in [0.15, 0.2) is 28.2 Å². The maximum Gasteiger partial charge on any atom is 0.362 e. The Morgan fingerprint density at radius 2 is 1.96 bits per heavy atom. The largest absolute Gasteiger partial charge is 0.504 e. The Bertz CT molecular complexity index is 2100. The van der Waals surface area contributed by atoms with Crippen LogP contribution in [0.1, 0.15) is 58.5 Å². The highest BCUT2D eigenvalue weighted by atomic mass is 32.2. The molecule has 4 amide bonds. The summed E-state index contributed by atoms with van der Waals surface area (Å²) in [6.07, 6.45) is 0.331. The molecule has 2 aliphatic heterocycles. The van der Waals surface area contributed by atoms with E-state index in [2.05, 4.69) is 25.9 Å². The van der Waals surface area contributed by atoms with Crippen molar-refractivity contribution in [1.29, 1.82) is 0 Å². The SMILES string of the molecule is CC(C)(O/N=C(\C(=O)N[C@@H]1C(=O)N(S(=O)(=O)O)[C@@H]1CNC(=O)c1cc([C@@H]2CCN(C(=O)c3ccc(O)c(O)c3F)C2)no1)c1csc(N)n1)C(=O)O. The van der Waals surface area contributed by atoms with Gasteiger partial charge in [-0.15, -0.1) is 11.3 Å². The molecule has 0 unspecified atom stereocenters. The van der Waals surface area contributed by atoms with Crippen LogP contribution in [-0.4, -0.2) is 120 Å². The number of nitrogens with two attached hydrogens (primary N) is 1. The molecule has 0 radical (unpaired) electrons. The number of hydrogen-bond acceptors (Lipinski definition) is 16. The van der Waals surface area contributed by atoms with Gasteiger partial charge in [0.1, 0.15) is 11.7 Å². The summed E-state index contributed by atoms with van der Waals surface area (Å²) in [4.78, 5) is 73.5. The summed E-state index contributed by atoms with van der Waals surface area (Å²) in [5.41, 5.74) is 2.69. The first-order valence-electron chi connectivity index (χ1n) is 14.9. The van der Waals surface area contributed by atoms with Crippen LogP contribution in [0.25, 0.3) is 0 Å². The van der Waals surface area contributed by atoms with E-state index >= 15 is 0 Å². The number of phenols is 2. The lowest BCUT2D eigenvalue weighted by molar-refractivity contribution is -0.161. The van der Waals surface area contributed by atoms with Gasteiger partial charge in [-0.05, 0) is 32.4 Å². The number of benzene rings is 1. The minimum atomic E-state index is -5.18. The van der Waals surface area contributed by atoms with Crippen molar-refractivity contribution in [2.24, 2.45) is 5.16 Å². The number of nitrogens with zero attached hydrogens (tertiary/aromatic N) is 5. The van der Waals surface area contributed by atoms with Crippen molar-refractivity contribution >= 4 is 62.1 Å². The molecule has 3 aromatic rings. The van der Waals surface area contributed by atoms with Crippen molar-refractivity contribution < 1.29 is 66.0 Å². The standard InChI is InChI=1S/C28H29FN8O13S2/c1-28(2,26(44)45)50-35-19(14-10-51-27(30)32-14)23(41)33-20-15(37(25(20)43)52(46,47)48)8-31-22(40)17-7-13(34-49-17)11-5-6-36(9-11)24(42)12-3-4-16(38)21(39)18(12)29/h3-4,7,10-11,15,20,38-39H,5-6,8-9H2,1-2H3,(H2,30,32)(H,31,40)(H,33,41)(H,44,45)(H,46,47,48)/b35-19-/t11-,15-,20+/m1/s1. The quantitative estimate of drug-likeness (QED) is 0.0398. The number of carbonyl (C=O) groups excluding carboxylic acids is 4. The minimum absolute atomic E-state index is 0.00853. The van der Waals surface area contributed by atoms with Gasteiger partial charge < -0.3 is 45.9 Å². The van der Waals surface area contributed by atoms with Crippen molar-refractivity contribution in [1.82, 2.24) is 30.0 Å². The topological polar surface area (TPSA) is 317 Å². The smallest absolute Gasteiger partial charge is 0.362 e. The molecule has 3 atom stereocenters. The number of β-lactam (4-membered cyclic amide) rings is 1. The van der Waals surface area contributed by atoms with Gasteiger partial charge in [0, 0.05) is 37.0 Å². The van der Waals surface area contributed by atoms with Gasteiger partial charge in [-0.2, -0.15) is 8.42 Å². The summed E-state index contributed by atoms with van der Waals surface area (Å²) in [6, 6.07) is -0.0128. The van der Waals surface area contributed by atoms with E-state index in [1.165, 1.54) is 16.3 Å². The van der Waals surface area contributed by atoms with Gasteiger partial charge in [-0.3, -0.25) is 23.7 Å². The summed E-state index contributed by atoms with van der Waals surface area (Å²) in [6.45, 7) is 1.79. The number of nitrogens with one attached hydrogen (secondary N) is 2. The number of nitrogen functional groups attached to an aromatic ring is 1. The summed E-state index contributed by atoms with van der Waals surface area (Å²) >= 11 is 0.892. The van der Waals surface area contributed by atoms with Crippen molar-refractivity contribution in [3.05, 3.63) is 52.1 Å². The number of aromatic nitrogens is 2. The predicted molar refractivity (Wildman–Crippen MR) is 172 cm³/mol. The highest BCUT2D eigenvalue weighted by Gasteiger charge is 2.54. The number of carboxylic acid groups (broad SMARTS) is 1. The second-order valence-electron chi connectivity index (χ2n) is 11.9. The molecule has 52 heavy (non-hydrogen) atoms. The molecule has 2 aromatic heterocycles. The second-order valence-corrected chi connectivity index (χ2v) is 14.1. The number of thiazole rings is 1. The molecule has 4 heterocycles. The van der Waals surface area contributed by atoms with E-state index in [9.17, 15) is 56.7 Å². The normalized spacial score (nSPS) is 19.3. The Balaban J connectivity index is 1.26. The highest BCUT2D eigenvalue weighted by Crippen LogP contribution is 2.33. The number of aromatic hydroxyl groups is 2. The Morgan fingerprint density at radius 1 is 1.25 bits per heavy atom. The number of carbonyl (C=O) groups is 5. The lowest BCUT2D eigenvalue weighted by atomic mass is 9.98. The van der Waals surface area contributed by atoms with Crippen LogP contribution in [0.2, 0.25) is 0 Å². The molecular formula is C28H29FN8O13S2. The third-order valence-corrected chi connectivity index (χ3v) is 9.63. The molecule has 0 saturated carbocycles. The number of phenolic OH excluding ortho intramolecular Hbond substituents is 2. The first-order valence-corrected chi connectivity index (χ1v) is 17.1. The molecule has 278 valence electrons. The molecule has 5 rings (SSSR count). The van der Waals surface area contributed by atoms with Crippen LogP contribution in [0.4, 0.5) is 9.52 Å². The molecule has 2 fully saturated rings. The molecular weight excluding hydrogens is 739 g/mol. The van der Waals surface area contributed by atoms with E-state index in [1.807, 2.05) is 0 Å². The molecule has 0 spiro atoms. The number of likely N-dealkylation sites (tertiary alicyclic amines) is 1. The van der Waals surface area contributed by atoms with Crippen LogP contribution in [0, 0.1) is 5.82 Å². The van der Waals surface area contributed by atoms with Crippen LogP contribution in [0.15, 0.2) is 33.3 Å². The minimum Gasteiger partial charge on any atom is -0.504 e. The lowest BCUT2D eigenvalue weighted by Crippen LogP contribution is -2.74. The van der Waals surface area contributed by atoms with Crippen molar-refractivity contribution in [3.63, 3.8) is 0 Å². The van der Waals surface area contributed by atoms with Gasteiger partial charge >= 0.3 is 16.3 Å². The number of rotatable bonds is 12. The van der Waals surface area contributed by atoms with E-state index in [4.69, 9.17) is 15.1 Å². The molecule has 24 heteroatoms. The fourth-order valence-corrected chi connectivity index (χ4v) is 6.55. The number of carboxylic acids is 1. The zero-order chi connectivity index (χ0) is 38.3. The Morgan fingerprint density at radius 3 is 2.60 bits per heavy atom. The first-order chi connectivity index (χ1) is 24.3. The molecule has 0 aliphatic carbocycles. The van der Waals surface area contributed by atoms with Crippen molar-refractivity contribution in [2.45, 2.75) is 43.9 Å². The van der Waals surface area contributed by atoms with E-state index in [0.29, 0.717) is 6.42 Å². The zero-order valence-electron chi connectivity index (χ0n) is 26.8. The number of halogens is 1. The van der Waals surface area contributed by atoms with E-state index in [-0.39, 0.29) is 39.7 Å². The maximum absolute atomic E-state index is 14.4. The first kappa shape index (κ1) is 37.4. The summed E-state index contributed by atoms with van der Waals surface area (Å²) < 4.78 is 53.2. The van der Waals surface area contributed by atoms with E-state index in [1.54, 1.807) is 0 Å². The number of aliphatic carboxylic acids is 1. The molecule has 0 bridgehead atoms. The molecule has 1 aromatic carbocycles. The Hall–Kier alpha value is -5.88. The van der Waals surface area contributed by atoms with E-state index in [0.717, 1.165) is 37.3 Å². The van der Waals surface area contributed by atoms with Crippen molar-refractivity contribution in [2.75, 3.05) is 25.4 Å². The summed E-state index contributed by atoms with van der Waals surface area (Å²) in [7, 11) is -5.18. The number of amides is 4. The average molecular weight is 769 g/mol. The fourth-order valence-electron chi connectivity index (χ4n) is 5.12. The predicted octanol–water partition coefficient (Wildman–Crippen LogP) is -0.594. The fraction of sp³-hybridized carbons (Fsp3) is 0.357. The average Bonchev–Trinajstić information content (AvgIpc) is 3.85. The van der Waals surface area contributed by atoms with Crippen LogP contribution in [0.5, 0.6) is 11.5 Å². The molecule has 8 N–H and O–H groups in total. The van der Waals surface area contributed by atoms with E-state index < -0.39 is 98.6 Å². The van der Waals surface area contributed by atoms with Gasteiger partial charge in [-0.1, -0.05) is 10.3 Å². The van der Waals surface area contributed by atoms with Crippen molar-refractivity contribution in [3.8, 4) is 11.5 Å². The summed E-state index contributed by atoms with van der Waals surface area (Å²) in [5, 5.41) is 41.7. The van der Waals surface area contributed by atoms with Gasteiger partial charge in [0.2, 0.25) is 11.4 Å². The van der Waals surface area contributed by atoms with Crippen LogP contribution in [0.3, 0.4) is 0 Å². The second kappa shape index (κ2) is 14.0. The maximum atomic E-state index is 14.4. The van der Waals surface area contributed by atoms with Gasteiger partial charge in [0.25, 0.3) is 23.6 Å². The molecule has 21 nitrogen and oxygen atoms in total. The third kappa shape index (κ3) is 7.42. The molecule has 2 saturated heterocycles. The molecule has 2 aliphatic rings. The van der Waals surface area contributed by atoms with Gasteiger partial charge in [-0.25, -0.2) is 18.5 Å². The zero-order valence-corrected chi connectivity index (χ0v) is 28.5. The van der Waals surface area contributed by atoms with Crippen LogP contribution in [-0.2, 0) is 29.5 Å². The Labute approximate surface area is 295 Å². The van der Waals surface area contributed by atoms with Gasteiger partial charge in [0.05, 0.1) is 17.3 Å². The highest BCUT2D eigenvalue weighted by molar-refractivity contribution is 7.84. The monoisotopic (exact) mass is 768 g/mol. The van der Waals surface area contributed by atoms with Crippen LogP contribution < -0.4 is 16.4 Å². The summed E-state index contributed by atoms with van der Waals surface area (Å²) in [5.74, 6) is -9.54. The number of oxime groups is 1. The number of hydrogen-bond donors (Lipinski definition) is 7. The van der Waals surface area contributed by atoms with Crippen LogP contribution >= 0.6 is 11.3 Å². The lowest BCUT2D eigenvalue weighted by Gasteiger charge is -2.44. The third-order valence-electron chi connectivity index (χ3n) is 8.01. The number of anilines is 1.